The van der Waals surface area contributed by atoms with Gasteiger partial charge >= 0.3 is 0 Å². The van der Waals surface area contributed by atoms with E-state index in [-0.39, 0.29) is 0 Å². The fourth-order valence-electron chi connectivity index (χ4n) is 8.50. The third-order valence-electron chi connectivity index (χ3n) is 9.60. The summed E-state index contributed by atoms with van der Waals surface area (Å²) in [7, 11) is 0. The predicted molar refractivity (Wildman–Crippen MR) is 113 cm³/mol. The lowest BCUT2D eigenvalue weighted by Gasteiger charge is -2.54. The van der Waals surface area contributed by atoms with Crippen molar-refractivity contribution in [1.82, 2.24) is 0 Å². The van der Waals surface area contributed by atoms with Gasteiger partial charge in [-0.25, -0.2) is 0 Å². The third kappa shape index (κ3) is 2.53. The van der Waals surface area contributed by atoms with Crippen LogP contribution in [0.2, 0.25) is 0 Å². The number of allylic oxidation sites excluding steroid dienone is 4. The minimum absolute atomic E-state index is 0.484. The summed E-state index contributed by atoms with van der Waals surface area (Å²) in [5, 5.41) is 0. The summed E-state index contributed by atoms with van der Waals surface area (Å²) in [5.41, 5.74) is 5.05. The summed E-state index contributed by atoms with van der Waals surface area (Å²) in [4.78, 5) is 0. The Morgan fingerprint density at radius 3 is 2.58 bits per heavy atom. The van der Waals surface area contributed by atoms with Crippen LogP contribution in [0.3, 0.4) is 0 Å². The van der Waals surface area contributed by atoms with Crippen molar-refractivity contribution in [3.8, 4) is 0 Å². The van der Waals surface area contributed by atoms with Crippen LogP contribution in [-0.2, 0) is 0 Å². The van der Waals surface area contributed by atoms with Gasteiger partial charge in [0.05, 0.1) is 0 Å². The maximum absolute atomic E-state index is 2.87. The van der Waals surface area contributed by atoms with Crippen molar-refractivity contribution in [3.05, 3.63) is 23.3 Å². The second-order valence-electron chi connectivity index (χ2n) is 11.5. The van der Waals surface area contributed by atoms with E-state index in [9.17, 15) is 0 Å². The van der Waals surface area contributed by atoms with Crippen LogP contribution >= 0.6 is 0 Å². The van der Waals surface area contributed by atoms with Crippen molar-refractivity contribution in [3.63, 3.8) is 0 Å². The second kappa shape index (κ2) is 6.25. The molecule has 4 aliphatic rings. The Bertz CT molecular complexity index is 620. The van der Waals surface area contributed by atoms with Crippen molar-refractivity contribution < 1.29 is 0 Å². The van der Waals surface area contributed by atoms with Gasteiger partial charge < -0.3 is 0 Å². The number of hydrogen-bond acceptors (Lipinski definition) is 0. The molecule has 4 rings (SSSR count). The minimum atomic E-state index is 0.484. The molecule has 0 aromatic rings. The highest BCUT2D eigenvalue weighted by Gasteiger charge is 2.66. The van der Waals surface area contributed by atoms with E-state index in [2.05, 4.69) is 53.7 Å². The van der Waals surface area contributed by atoms with E-state index in [1.165, 1.54) is 63.4 Å². The molecule has 146 valence electrons. The van der Waals surface area contributed by atoms with E-state index in [0.717, 1.165) is 23.7 Å². The maximum atomic E-state index is 2.87. The first-order valence-corrected chi connectivity index (χ1v) is 11.6. The molecule has 3 saturated carbocycles. The predicted octanol–water partition coefficient (Wildman–Crippen LogP) is 7.95. The summed E-state index contributed by atoms with van der Waals surface area (Å²) >= 11 is 0. The summed E-state index contributed by atoms with van der Waals surface area (Å²) in [6, 6.07) is 0. The average Bonchev–Trinajstić information content (AvgIpc) is 3.17. The molecular weight excluding hydrogens is 312 g/mol. The van der Waals surface area contributed by atoms with Crippen LogP contribution in [-0.4, -0.2) is 0 Å². The van der Waals surface area contributed by atoms with E-state index in [1.807, 2.05) is 5.57 Å². The molecule has 0 aromatic heterocycles. The van der Waals surface area contributed by atoms with E-state index >= 15 is 0 Å². The molecule has 0 aromatic carbocycles. The normalized spacial score (nSPS) is 49.4. The molecule has 0 bridgehead atoms. The van der Waals surface area contributed by atoms with Crippen LogP contribution < -0.4 is 0 Å². The Kier molecular flexibility index (Phi) is 4.52. The lowest BCUT2D eigenvalue weighted by Crippen LogP contribution is -2.47. The first-order valence-electron chi connectivity index (χ1n) is 11.6. The Labute approximate surface area is 162 Å². The Hall–Kier alpha value is -0.520. The van der Waals surface area contributed by atoms with Crippen LogP contribution in [0, 0.1) is 39.9 Å². The topological polar surface area (TPSA) is 0 Å². The van der Waals surface area contributed by atoms with Crippen molar-refractivity contribution >= 4 is 0 Å². The minimum Gasteiger partial charge on any atom is -0.0859 e. The zero-order valence-corrected chi connectivity index (χ0v) is 18.3. The fraction of sp³-hybridized carbons (Fsp3) is 0.846. The van der Waals surface area contributed by atoms with Gasteiger partial charge in [0.15, 0.2) is 0 Å². The maximum Gasteiger partial charge on any atom is -0.00280 e. The average molecular weight is 355 g/mol. The van der Waals surface area contributed by atoms with Gasteiger partial charge in [-0.2, -0.15) is 0 Å². The molecule has 0 N–H and O–H groups in total. The third-order valence-corrected chi connectivity index (χ3v) is 9.60. The van der Waals surface area contributed by atoms with Crippen molar-refractivity contribution in [1.29, 1.82) is 0 Å². The lowest BCUT2D eigenvalue weighted by atomic mass is 9.50. The van der Waals surface area contributed by atoms with E-state index in [1.54, 1.807) is 0 Å². The molecule has 0 aliphatic heterocycles. The van der Waals surface area contributed by atoms with E-state index < -0.39 is 0 Å². The van der Waals surface area contributed by atoms with Crippen LogP contribution in [0.5, 0.6) is 0 Å². The summed E-state index contributed by atoms with van der Waals surface area (Å²) in [6.45, 7) is 14.9. The highest BCUT2D eigenvalue weighted by molar-refractivity contribution is 5.35. The molecule has 0 heteroatoms. The number of hydrogen-bond donors (Lipinski definition) is 0. The zero-order chi connectivity index (χ0) is 18.7. The van der Waals surface area contributed by atoms with Crippen molar-refractivity contribution in [2.45, 2.75) is 99.3 Å². The molecule has 1 spiro atoms. The highest BCUT2D eigenvalue weighted by Crippen LogP contribution is 2.74. The fourth-order valence-corrected chi connectivity index (χ4v) is 8.50. The molecular formula is C26H42. The van der Waals surface area contributed by atoms with E-state index in [0.29, 0.717) is 16.2 Å². The van der Waals surface area contributed by atoms with Crippen LogP contribution in [0.15, 0.2) is 23.3 Å². The molecule has 0 amide bonds. The number of rotatable bonds is 4. The van der Waals surface area contributed by atoms with Gasteiger partial charge in [-0.3, -0.25) is 0 Å². The molecule has 0 unspecified atom stereocenters. The number of unbranched alkanes of at least 4 members (excludes halogenated alkanes) is 1. The van der Waals surface area contributed by atoms with E-state index in [4.69, 9.17) is 0 Å². The van der Waals surface area contributed by atoms with Gasteiger partial charge in [0.1, 0.15) is 0 Å². The Morgan fingerprint density at radius 1 is 1.08 bits per heavy atom. The molecule has 0 radical (unpaired) electrons. The van der Waals surface area contributed by atoms with Crippen LogP contribution in [0.25, 0.3) is 0 Å². The SMILES string of the molecule is CC(C)=CCCC[C@@]1(C)CC[C@]2(C)C=C3[C@@H](C)CC[C@@]34[C@@H](C)CC[C@H]4[C@H]12. The molecule has 0 heterocycles. The van der Waals surface area contributed by atoms with Gasteiger partial charge in [0.2, 0.25) is 0 Å². The first kappa shape index (κ1) is 18.8. The van der Waals surface area contributed by atoms with Gasteiger partial charge in [0, 0.05) is 0 Å². The molecule has 4 aliphatic carbocycles. The smallest absolute Gasteiger partial charge is 0.00280 e. The largest absolute Gasteiger partial charge is 0.0859 e. The lowest BCUT2D eigenvalue weighted by molar-refractivity contribution is 0.00507. The Morgan fingerprint density at radius 2 is 1.85 bits per heavy atom. The van der Waals surface area contributed by atoms with Gasteiger partial charge in [-0.1, -0.05) is 51.0 Å². The van der Waals surface area contributed by atoms with Crippen LogP contribution in [0.1, 0.15) is 99.3 Å². The van der Waals surface area contributed by atoms with Gasteiger partial charge in [-0.05, 0) is 112 Å². The quantitative estimate of drug-likeness (QED) is 0.355. The molecule has 0 saturated heterocycles. The summed E-state index contributed by atoms with van der Waals surface area (Å²) in [5.74, 6) is 3.67. The molecule has 0 nitrogen and oxygen atoms in total. The molecule has 26 heavy (non-hydrogen) atoms. The standard InChI is InChI=1S/C26H42/c1-18(2)9-7-8-13-24(5)15-16-25(6)17-22-19(3)12-14-26(22)20(4)10-11-21(26)23(24)25/h9,17,19-21,23H,7-8,10-16H2,1-6H3/t19-,20-,21-,23+,24-,25+,26-/m0/s1. The monoisotopic (exact) mass is 354 g/mol. The van der Waals surface area contributed by atoms with Crippen molar-refractivity contribution in [2.75, 3.05) is 0 Å². The Balaban J connectivity index is 1.66. The van der Waals surface area contributed by atoms with Gasteiger partial charge in [0.25, 0.3) is 0 Å². The molecule has 7 atom stereocenters. The molecule has 3 fully saturated rings. The number of fused-ring (bicyclic) bond motifs is 2. The van der Waals surface area contributed by atoms with Crippen molar-refractivity contribution in [2.24, 2.45) is 39.9 Å². The summed E-state index contributed by atoms with van der Waals surface area (Å²) in [6.07, 6.45) is 18.3. The second-order valence-corrected chi connectivity index (χ2v) is 11.5. The highest BCUT2D eigenvalue weighted by atomic mass is 14.7. The van der Waals surface area contributed by atoms with Gasteiger partial charge in [-0.15, -0.1) is 0 Å². The first-order chi connectivity index (χ1) is 12.2. The zero-order valence-electron chi connectivity index (χ0n) is 18.3. The summed E-state index contributed by atoms with van der Waals surface area (Å²) < 4.78 is 0. The van der Waals surface area contributed by atoms with Crippen LogP contribution in [0.4, 0.5) is 0 Å².